The Kier molecular flexibility index (Phi) is 4.07. The molecule has 0 aliphatic carbocycles. The van der Waals surface area contributed by atoms with Gasteiger partial charge in [-0.3, -0.25) is 4.90 Å². The summed E-state index contributed by atoms with van der Waals surface area (Å²) in [6.45, 7) is 5.52. The SMILES string of the molecule is CC(C)(C)N(C(=O)O)c1ccc(I)c(Cl)c1. The highest BCUT2D eigenvalue weighted by Gasteiger charge is 2.27. The first-order valence-corrected chi connectivity index (χ1v) is 6.17. The molecule has 0 unspecified atom stereocenters. The second-order valence-electron chi connectivity index (χ2n) is 4.39. The van der Waals surface area contributed by atoms with Crippen LogP contribution < -0.4 is 4.90 Å². The topological polar surface area (TPSA) is 40.5 Å². The van der Waals surface area contributed by atoms with Gasteiger partial charge in [0.2, 0.25) is 0 Å². The summed E-state index contributed by atoms with van der Waals surface area (Å²) in [6.07, 6.45) is -0.982. The summed E-state index contributed by atoms with van der Waals surface area (Å²) in [5.74, 6) is 0. The highest BCUT2D eigenvalue weighted by molar-refractivity contribution is 14.1. The van der Waals surface area contributed by atoms with E-state index < -0.39 is 11.6 Å². The molecule has 16 heavy (non-hydrogen) atoms. The van der Waals surface area contributed by atoms with Gasteiger partial charge in [-0.05, 0) is 61.6 Å². The molecule has 1 rings (SSSR count). The third-order valence-corrected chi connectivity index (χ3v) is 3.60. The summed E-state index contributed by atoms with van der Waals surface area (Å²) in [7, 11) is 0. The fourth-order valence-electron chi connectivity index (χ4n) is 1.41. The molecule has 0 spiro atoms. The lowest BCUT2D eigenvalue weighted by Gasteiger charge is -2.33. The van der Waals surface area contributed by atoms with E-state index in [0.717, 1.165) is 3.57 Å². The van der Waals surface area contributed by atoms with Crippen molar-refractivity contribution >= 4 is 46.0 Å². The molecule has 5 heteroatoms. The number of hydrogen-bond acceptors (Lipinski definition) is 1. The lowest BCUT2D eigenvalue weighted by atomic mass is 10.1. The average Bonchev–Trinajstić information content (AvgIpc) is 2.08. The number of hydrogen-bond donors (Lipinski definition) is 1. The molecule has 0 radical (unpaired) electrons. The molecule has 0 bridgehead atoms. The first-order valence-electron chi connectivity index (χ1n) is 4.71. The zero-order valence-electron chi connectivity index (χ0n) is 9.29. The second-order valence-corrected chi connectivity index (χ2v) is 5.96. The first-order chi connectivity index (χ1) is 7.23. The quantitative estimate of drug-likeness (QED) is 0.768. The molecule has 0 aliphatic heterocycles. The number of benzene rings is 1. The van der Waals surface area contributed by atoms with Gasteiger partial charge in [-0.15, -0.1) is 0 Å². The largest absolute Gasteiger partial charge is 0.465 e. The Morgan fingerprint density at radius 3 is 2.38 bits per heavy atom. The third kappa shape index (κ3) is 3.01. The van der Waals surface area contributed by atoms with E-state index in [1.165, 1.54) is 4.90 Å². The van der Waals surface area contributed by atoms with E-state index in [-0.39, 0.29) is 0 Å². The maximum absolute atomic E-state index is 11.2. The lowest BCUT2D eigenvalue weighted by Crippen LogP contribution is -2.45. The van der Waals surface area contributed by atoms with Crippen molar-refractivity contribution in [1.82, 2.24) is 0 Å². The molecule has 1 N–H and O–H groups in total. The summed E-state index contributed by atoms with van der Waals surface area (Å²) in [4.78, 5) is 12.5. The van der Waals surface area contributed by atoms with Crippen LogP contribution in [-0.4, -0.2) is 16.7 Å². The number of halogens is 2. The van der Waals surface area contributed by atoms with E-state index in [1.54, 1.807) is 18.2 Å². The van der Waals surface area contributed by atoms with Crippen molar-refractivity contribution in [2.45, 2.75) is 26.3 Å². The Labute approximate surface area is 114 Å². The fraction of sp³-hybridized carbons (Fsp3) is 0.364. The Hall–Kier alpha value is -0.490. The highest BCUT2D eigenvalue weighted by atomic mass is 127. The van der Waals surface area contributed by atoms with Crippen molar-refractivity contribution in [3.63, 3.8) is 0 Å². The van der Waals surface area contributed by atoms with Gasteiger partial charge in [0.1, 0.15) is 0 Å². The predicted molar refractivity (Wildman–Crippen MR) is 74.4 cm³/mol. The fourth-order valence-corrected chi connectivity index (χ4v) is 1.92. The molecule has 0 heterocycles. The number of rotatable bonds is 1. The molecule has 0 fully saturated rings. The van der Waals surface area contributed by atoms with Crippen LogP contribution in [0.1, 0.15) is 20.8 Å². The first kappa shape index (κ1) is 13.6. The molecule has 0 saturated heterocycles. The van der Waals surface area contributed by atoms with E-state index in [0.29, 0.717) is 10.7 Å². The van der Waals surface area contributed by atoms with E-state index in [2.05, 4.69) is 22.6 Å². The summed E-state index contributed by atoms with van der Waals surface area (Å²) in [6, 6.07) is 5.23. The second kappa shape index (κ2) is 4.79. The highest BCUT2D eigenvalue weighted by Crippen LogP contribution is 2.29. The van der Waals surface area contributed by atoms with Crippen LogP contribution in [0.4, 0.5) is 10.5 Å². The van der Waals surface area contributed by atoms with E-state index >= 15 is 0 Å². The molecule has 88 valence electrons. The third-order valence-electron chi connectivity index (χ3n) is 2.02. The van der Waals surface area contributed by atoms with Crippen LogP contribution in [0.3, 0.4) is 0 Å². The minimum Gasteiger partial charge on any atom is -0.465 e. The number of anilines is 1. The van der Waals surface area contributed by atoms with Gasteiger partial charge in [-0.25, -0.2) is 4.79 Å². The van der Waals surface area contributed by atoms with Crippen LogP contribution in [-0.2, 0) is 0 Å². The van der Waals surface area contributed by atoms with Gasteiger partial charge in [0.25, 0.3) is 0 Å². The zero-order chi connectivity index (χ0) is 12.5. The minimum atomic E-state index is -0.982. The normalized spacial score (nSPS) is 11.3. The van der Waals surface area contributed by atoms with Crippen molar-refractivity contribution in [2.75, 3.05) is 4.90 Å². The summed E-state index contributed by atoms with van der Waals surface area (Å²) >= 11 is 8.09. The maximum Gasteiger partial charge on any atom is 0.412 e. The predicted octanol–water partition coefficient (Wildman–Crippen LogP) is 4.23. The molecule has 0 atom stereocenters. The smallest absolute Gasteiger partial charge is 0.412 e. The van der Waals surface area contributed by atoms with E-state index in [9.17, 15) is 9.90 Å². The summed E-state index contributed by atoms with van der Waals surface area (Å²) in [5, 5.41) is 9.77. The number of nitrogens with zero attached hydrogens (tertiary/aromatic N) is 1. The molecule has 0 saturated carbocycles. The van der Waals surface area contributed by atoms with Gasteiger partial charge in [0.05, 0.1) is 5.02 Å². The molecular weight excluding hydrogens is 340 g/mol. The van der Waals surface area contributed by atoms with Crippen LogP contribution in [0.2, 0.25) is 5.02 Å². The molecule has 1 amide bonds. The summed E-state index contributed by atoms with van der Waals surface area (Å²) in [5.41, 5.74) is 0.0903. The van der Waals surface area contributed by atoms with E-state index in [4.69, 9.17) is 11.6 Å². The molecule has 0 aromatic heterocycles. The molecule has 3 nitrogen and oxygen atoms in total. The van der Waals surface area contributed by atoms with Crippen molar-refractivity contribution in [3.05, 3.63) is 26.8 Å². The number of amides is 1. The zero-order valence-corrected chi connectivity index (χ0v) is 12.2. The average molecular weight is 354 g/mol. The van der Waals surface area contributed by atoms with Crippen LogP contribution in [0, 0.1) is 3.57 Å². The van der Waals surface area contributed by atoms with Crippen molar-refractivity contribution in [1.29, 1.82) is 0 Å². The monoisotopic (exact) mass is 353 g/mol. The van der Waals surface area contributed by atoms with Crippen LogP contribution in [0.25, 0.3) is 0 Å². The Morgan fingerprint density at radius 2 is 2.00 bits per heavy atom. The lowest BCUT2D eigenvalue weighted by molar-refractivity contribution is 0.195. The number of carbonyl (C=O) groups is 1. The number of carboxylic acid groups (broad SMARTS) is 1. The molecule has 0 aliphatic rings. The van der Waals surface area contributed by atoms with Gasteiger partial charge in [-0.2, -0.15) is 0 Å². The summed E-state index contributed by atoms with van der Waals surface area (Å²) < 4.78 is 0.905. The van der Waals surface area contributed by atoms with Crippen molar-refractivity contribution in [3.8, 4) is 0 Å². The minimum absolute atomic E-state index is 0.498. The Balaban J connectivity index is 3.22. The van der Waals surface area contributed by atoms with Crippen molar-refractivity contribution in [2.24, 2.45) is 0 Å². The molecule has 1 aromatic rings. The van der Waals surface area contributed by atoms with Crippen molar-refractivity contribution < 1.29 is 9.90 Å². The van der Waals surface area contributed by atoms with E-state index in [1.807, 2.05) is 20.8 Å². The molecule has 1 aromatic carbocycles. The Morgan fingerprint density at radius 1 is 1.44 bits per heavy atom. The standard InChI is InChI=1S/C11H13ClINO2/c1-11(2,3)14(10(15)16)7-4-5-9(13)8(12)6-7/h4-6H,1-3H3,(H,15,16). The van der Waals surface area contributed by atoms with Crippen LogP contribution in [0.5, 0.6) is 0 Å². The molecular formula is C11H13ClINO2. The van der Waals surface area contributed by atoms with Crippen LogP contribution >= 0.6 is 34.2 Å². The maximum atomic E-state index is 11.2. The Bertz CT molecular complexity index is 415. The van der Waals surface area contributed by atoms with Gasteiger partial charge < -0.3 is 5.11 Å². The van der Waals surface area contributed by atoms with Gasteiger partial charge >= 0.3 is 6.09 Å². The van der Waals surface area contributed by atoms with Gasteiger partial charge in [-0.1, -0.05) is 11.6 Å². The van der Waals surface area contributed by atoms with Gasteiger partial charge in [0, 0.05) is 14.8 Å². The van der Waals surface area contributed by atoms with Gasteiger partial charge in [0.15, 0.2) is 0 Å². The van der Waals surface area contributed by atoms with Crippen LogP contribution in [0.15, 0.2) is 18.2 Å².